The molecule has 148 valence electrons. The Morgan fingerprint density at radius 3 is 2.76 bits per heavy atom. The molecule has 0 bridgehead atoms. The number of furan rings is 1. The van der Waals surface area contributed by atoms with Gasteiger partial charge in [-0.05, 0) is 42.8 Å². The van der Waals surface area contributed by atoms with Crippen LogP contribution >= 0.6 is 0 Å². The Kier molecular flexibility index (Phi) is 5.47. The van der Waals surface area contributed by atoms with Crippen LogP contribution in [0, 0.1) is 0 Å². The molecule has 0 unspecified atom stereocenters. The molecule has 29 heavy (non-hydrogen) atoms. The van der Waals surface area contributed by atoms with Gasteiger partial charge >= 0.3 is 0 Å². The van der Waals surface area contributed by atoms with Crippen molar-refractivity contribution in [2.75, 3.05) is 30.0 Å². The number of para-hydroxylation sites is 1. The maximum atomic E-state index is 12.3. The molecule has 0 aliphatic carbocycles. The molecule has 0 spiro atoms. The van der Waals surface area contributed by atoms with Crippen LogP contribution in [0.15, 0.2) is 71.3 Å². The highest BCUT2D eigenvalue weighted by molar-refractivity contribution is 6.03. The first kappa shape index (κ1) is 18.6. The van der Waals surface area contributed by atoms with Gasteiger partial charge in [-0.3, -0.25) is 9.59 Å². The lowest BCUT2D eigenvalue weighted by Crippen LogP contribution is -2.39. The molecular formula is C22H20N2O5. The van der Waals surface area contributed by atoms with Crippen LogP contribution in [0.5, 0.6) is 11.5 Å². The molecule has 1 aliphatic rings. The van der Waals surface area contributed by atoms with Crippen LogP contribution in [0.25, 0.3) is 0 Å². The standard InChI is InChI=1S/C22H20N2O5/c25-21-15-29-20-14-16(23-22(26)19-8-4-12-28-19)9-10-18(20)24(21)11-5-13-27-17-6-2-1-3-7-17/h1-4,6-10,12,14H,5,11,13,15H2,(H,23,26). The first-order chi connectivity index (χ1) is 14.2. The van der Waals surface area contributed by atoms with Gasteiger partial charge in [-0.15, -0.1) is 0 Å². The second kappa shape index (κ2) is 8.52. The average molecular weight is 392 g/mol. The summed E-state index contributed by atoms with van der Waals surface area (Å²) in [6.45, 7) is 0.976. The number of amides is 2. The van der Waals surface area contributed by atoms with Gasteiger partial charge in [0.2, 0.25) is 0 Å². The van der Waals surface area contributed by atoms with Crippen molar-refractivity contribution in [2.45, 2.75) is 6.42 Å². The second-order valence-electron chi connectivity index (χ2n) is 6.46. The Balaban J connectivity index is 1.39. The molecule has 0 atom stereocenters. The van der Waals surface area contributed by atoms with E-state index >= 15 is 0 Å². The number of carbonyl (C=O) groups excluding carboxylic acids is 2. The molecule has 0 saturated heterocycles. The van der Waals surface area contributed by atoms with E-state index in [0.717, 1.165) is 5.75 Å². The molecular weight excluding hydrogens is 372 g/mol. The normalized spacial score (nSPS) is 12.8. The van der Waals surface area contributed by atoms with Crippen LogP contribution in [0.3, 0.4) is 0 Å². The predicted molar refractivity (Wildman–Crippen MR) is 108 cm³/mol. The van der Waals surface area contributed by atoms with Crippen molar-refractivity contribution in [3.05, 3.63) is 72.7 Å². The lowest BCUT2D eigenvalue weighted by atomic mass is 10.2. The zero-order valence-electron chi connectivity index (χ0n) is 15.7. The average Bonchev–Trinajstić information content (AvgIpc) is 3.28. The first-order valence-electron chi connectivity index (χ1n) is 9.30. The SMILES string of the molecule is O=C(Nc1ccc2c(c1)OCC(=O)N2CCCOc1ccccc1)c1ccco1. The van der Waals surface area contributed by atoms with Crippen molar-refractivity contribution in [1.29, 1.82) is 0 Å². The highest BCUT2D eigenvalue weighted by Crippen LogP contribution is 2.34. The Bertz CT molecular complexity index is 986. The number of nitrogens with zero attached hydrogens (tertiary/aromatic N) is 1. The molecule has 2 aromatic carbocycles. The zero-order valence-corrected chi connectivity index (χ0v) is 15.7. The number of hydrogen-bond acceptors (Lipinski definition) is 5. The molecule has 0 saturated carbocycles. The minimum absolute atomic E-state index is 0.0396. The Morgan fingerprint density at radius 1 is 1.10 bits per heavy atom. The summed E-state index contributed by atoms with van der Waals surface area (Å²) in [7, 11) is 0. The van der Waals surface area contributed by atoms with E-state index in [1.54, 1.807) is 35.2 Å². The van der Waals surface area contributed by atoms with Gasteiger partial charge < -0.3 is 24.1 Å². The van der Waals surface area contributed by atoms with E-state index in [4.69, 9.17) is 13.9 Å². The van der Waals surface area contributed by atoms with Crippen molar-refractivity contribution in [3.63, 3.8) is 0 Å². The molecule has 0 fully saturated rings. The van der Waals surface area contributed by atoms with Crippen molar-refractivity contribution in [3.8, 4) is 11.5 Å². The van der Waals surface area contributed by atoms with Gasteiger partial charge in [0.25, 0.3) is 11.8 Å². The third kappa shape index (κ3) is 4.40. The summed E-state index contributed by atoms with van der Waals surface area (Å²) in [5.41, 5.74) is 1.24. The molecule has 0 radical (unpaired) electrons. The molecule has 3 aromatic rings. The van der Waals surface area contributed by atoms with Crippen molar-refractivity contribution in [1.82, 2.24) is 0 Å². The fourth-order valence-electron chi connectivity index (χ4n) is 3.06. The van der Waals surface area contributed by atoms with Crippen molar-refractivity contribution < 1.29 is 23.5 Å². The fraction of sp³-hybridized carbons (Fsp3) is 0.182. The number of anilines is 2. The summed E-state index contributed by atoms with van der Waals surface area (Å²) in [6.07, 6.45) is 2.12. The lowest BCUT2D eigenvalue weighted by molar-refractivity contribution is -0.121. The molecule has 2 heterocycles. The van der Waals surface area contributed by atoms with E-state index in [1.807, 2.05) is 30.3 Å². The summed E-state index contributed by atoms with van der Waals surface area (Å²) >= 11 is 0. The quantitative estimate of drug-likeness (QED) is 0.620. The van der Waals surface area contributed by atoms with E-state index in [9.17, 15) is 9.59 Å². The van der Waals surface area contributed by atoms with E-state index < -0.39 is 0 Å². The van der Waals surface area contributed by atoms with Crippen LogP contribution in [0.1, 0.15) is 17.0 Å². The molecule has 1 N–H and O–H groups in total. The maximum Gasteiger partial charge on any atom is 0.291 e. The van der Waals surface area contributed by atoms with E-state index in [0.29, 0.717) is 36.7 Å². The van der Waals surface area contributed by atoms with Gasteiger partial charge in [-0.25, -0.2) is 0 Å². The van der Waals surface area contributed by atoms with Crippen LogP contribution in [0.2, 0.25) is 0 Å². The number of benzene rings is 2. The number of ether oxygens (including phenoxy) is 2. The van der Waals surface area contributed by atoms with E-state index in [1.165, 1.54) is 6.26 Å². The van der Waals surface area contributed by atoms with Gasteiger partial charge in [-0.1, -0.05) is 18.2 Å². The van der Waals surface area contributed by atoms with Gasteiger partial charge in [0.05, 0.1) is 18.6 Å². The highest BCUT2D eigenvalue weighted by Gasteiger charge is 2.25. The first-order valence-corrected chi connectivity index (χ1v) is 9.30. The summed E-state index contributed by atoms with van der Waals surface area (Å²) in [5.74, 6) is 1.11. The van der Waals surface area contributed by atoms with Gasteiger partial charge in [-0.2, -0.15) is 0 Å². The summed E-state index contributed by atoms with van der Waals surface area (Å²) in [4.78, 5) is 26.1. The number of nitrogens with one attached hydrogen (secondary N) is 1. The third-order valence-corrected chi connectivity index (χ3v) is 4.44. The molecule has 1 aromatic heterocycles. The van der Waals surface area contributed by atoms with Gasteiger partial charge in [0.1, 0.15) is 11.5 Å². The third-order valence-electron chi connectivity index (χ3n) is 4.44. The Hall–Kier alpha value is -3.74. The topological polar surface area (TPSA) is 81.0 Å². The molecule has 7 nitrogen and oxygen atoms in total. The fourth-order valence-corrected chi connectivity index (χ4v) is 3.06. The zero-order chi connectivity index (χ0) is 20.1. The maximum absolute atomic E-state index is 12.3. The molecule has 7 heteroatoms. The van der Waals surface area contributed by atoms with Gasteiger partial charge in [0.15, 0.2) is 12.4 Å². The minimum atomic E-state index is -0.350. The highest BCUT2D eigenvalue weighted by atomic mass is 16.5. The Morgan fingerprint density at radius 2 is 1.97 bits per heavy atom. The summed E-state index contributed by atoms with van der Waals surface area (Å²) < 4.78 is 16.3. The number of fused-ring (bicyclic) bond motifs is 1. The minimum Gasteiger partial charge on any atom is -0.494 e. The van der Waals surface area contributed by atoms with Crippen LogP contribution in [-0.2, 0) is 4.79 Å². The van der Waals surface area contributed by atoms with Crippen LogP contribution in [0.4, 0.5) is 11.4 Å². The van der Waals surface area contributed by atoms with E-state index in [2.05, 4.69) is 5.32 Å². The summed E-state index contributed by atoms with van der Waals surface area (Å²) in [6, 6.07) is 18.0. The summed E-state index contributed by atoms with van der Waals surface area (Å²) in [5, 5.41) is 2.75. The second-order valence-corrected chi connectivity index (χ2v) is 6.46. The predicted octanol–water partition coefficient (Wildman–Crippen LogP) is 3.73. The van der Waals surface area contributed by atoms with Crippen molar-refractivity contribution in [2.24, 2.45) is 0 Å². The Labute approximate surface area is 167 Å². The molecule has 2 amide bonds. The molecule has 1 aliphatic heterocycles. The lowest BCUT2D eigenvalue weighted by Gasteiger charge is -2.29. The van der Waals surface area contributed by atoms with Crippen LogP contribution < -0.4 is 19.7 Å². The van der Waals surface area contributed by atoms with Crippen LogP contribution in [-0.4, -0.2) is 31.6 Å². The monoisotopic (exact) mass is 392 g/mol. The van der Waals surface area contributed by atoms with E-state index in [-0.39, 0.29) is 24.2 Å². The largest absolute Gasteiger partial charge is 0.494 e. The number of rotatable bonds is 7. The number of carbonyl (C=O) groups is 2. The number of hydrogen-bond donors (Lipinski definition) is 1. The van der Waals surface area contributed by atoms with Crippen molar-refractivity contribution >= 4 is 23.2 Å². The smallest absolute Gasteiger partial charge is 0.291 e. The molecule has 4 rings (SSSR count). The van der Waals surface area contributed by atoms with Gasteiger partial charge in [0, 0.05) is 18.3 Å².